The van der Waals surface area contributed by atoms with E-state index in [1.54, 1.807) is 0 Å². The average Bonchev–Trinajstić information content (AvgIpc) is 2.42. The molecule has 0 saturated heterocycles. The van der Waals surface area contributed by atoms with E-state index in [2.05, 4.69) is 77.9 Å². The number of hydrogen-bond donors (Lipinski definition) is 0. The zero-order valence-electron chi connectivity index (χ0n) is 14.0. The number of benzene rings is 2. The van der Waals surface area contributed by atoms with Gasteiger partial charge in [0.25, 0.3) is 0 Å². The Kier molecular flexibility index (Phi) is 5.16. The quantitative estimate of drug-likeness (QED) is 0.573. The van der Waals surface area contributed by atoms with Gasteiger partial charge in [0, 0.05) is 10.1 Å². The van der Waals surface area contributed by atoms with Crippen LogP contribution in [0.4, 0.5) is 0 Å². The summed E-state index contributed by atoms with van der Waals surface area (Å²) in [6, 6.07) is 13.6. The van der Waals surface area contributed by atoms with E-state index in [0.29, 0.717) is 11.2 Å². The van der Waals surface area contributed by atoms with Gasteiger partial charge in [0.2, 0.25) is 0 Å². The average molecular weight is 298 g/mol. The van der Waals surface area contributed by atoms with Crippen LogP contribution in [-0.2, 0) is 0 Å². The van der Waals surface area contributed by atoms with Gasteiger partial charge >= 0.3 is 0 Å². The minimum atomic E-state index is 0.590. The molecule has 0 nitrogen and oxygen atoms in total. The summed E-state index contributed by atoms with van der Waals surface area (Å²) in [5.41, 5.74) is 6.81. The van der Waals surface area contributed by atoms with Crippen LogP contribution in [-0.4, -0.2) is 5.25 Å². The Morgan fingerprint density at radius 1 is 0.762 bits per heavy atom. The van der Waals surface area contributed by atoms with Crippen molar-refractivity contribution in [3.05, 3.63) is 53.1 Å². The lowest BCUT2D eigenvalue weighted by atomic mass is 9.97. The molecule has 112 valence electrons. The van der Waals surface area contributed by atoms with E-state index < -0.39 is 0 Å². The summed E-state index contributed by atoms with van der Waals surface area (Å²) in [6.07, 6.45) is 0. The number of hydrogen-bond acceptors (Lipinski definition) is 1. The Balaban J connectivity index is 2.37. The lowest BCUT2D eigenvalue weighted by molar-refractivity contribution is 0.867. The predicted octanol–water partition coefficient (Wildman–Crippen LogP) is 6.59. The Morgan fingerprint density at radius 2 is 1.29 bits per heavy atom. The molecule has 0 heterocycles. The van der Waals surface area contributed by atoms with Crippen LogP contribution in [0.2, 0.25) is 0 Å². The summed E-state index contributed by atoms with van der Waals surface area (Å²) >= 11 is 1.96. The van der Waals surface area contributed by atoms with Crippen LogP contribution in [0, 0.1) is 13.8 Å². The normalized spacial score (nSPS) is 11.4. The molecule has 0 saturated carbocycles. The SMILES string of the molecule is Cc1cc(-c2ccc(C(C)C)cc2)cc(C)c1SC(C)C. The largest absolute Gasteiger partial charge is 0.123 e. The molecular weight excluding hydrogens is 272 g/mol. The van der Waals surface area contributed by atoms with Crippen LogP contribution in [0.5, 0.6) is 0 Å². The van der Waals surface area contributed by atoms with E-state index in [0.717, 1.165) is 0 Å². The molecule has 0 aromatic heterocycles. The second-order valence-corrected chi connectivity index (χ2v) is 7.97. The van der Waals surface area contributed by atoms with E-state index in [1.165, 1.54) is 32.7 Å². The zero-order valence-corrected chi connectivity index (χ0v) is 14.8. The van der Waals surface area contributed by atoms with Crippen molar-refractivity contribution in [2.24, 2.45) is 0 Å². The van der Waals surface area contributed by atoms with Crippen molar-refractivity contribution in [2.75, 3.05) is 0 Å². The van der Waals surface area contributed by atoms with Gasteiger partial charge in [0.15, 0.2) is 0 Å². The first-order valence-electron chi connectivity index (χ1n) is 7.76. The standard InChI is InChI=1S/C20H26S/c1-13(2)17-7-9-18(10-8-17)19-11-15(5)20(16(6)12-19)21-14(3)4/h7-14H,1-6H3. The summed E-state index contributed by atoms with van der Waals surface area (Å²) in [4.78, 5) is 1.44. The minimum Gasteiger partial charge on any atom is -0.123 e. The van der Waals surface area contributed by atoms with Crippen molar-refractivity contribution >= 4 is 11.8 Å². The van der Waals surface area contributed by atoms with Gasteiger partial charge in [-0.3, -0.25) is 0 Å². The molecule has 0 bridgehead atoms. The van der Waals surface area contributed by atoms with Gasteiger partial charge < -0.3 is 0 Å². The molecule has 0 fully saturated rings. The summed E-state index contributed by atoms with van der Waals surface area (Å²) in [5.74, 6) is 0.590. The molecule has 0 radical (unpaired) electrons. The van der Waals surface area contributed by atoms with E-state index in [1.807, 2.05) is 11.8 Å². The predicted molar refractivity (Wildman–Crippen MR) is 96.4 cm³/mol. The molecule has 0 aliphatic rings. The highest BCUT2D eigenvalue weighted by Crippen LogP contribution is 2.33. The summed E-state index contributed by atoms with van der Waals surface area (Å²) in [7, 11) is 0. The highest BCUT2D eigenvalue weighted by Gasteiger charge is 2.09. The highest BCUT2D eigenvalue weighted by atomic mass is 32.2. The Hall–Kier alpha value is -1.21. The first-order chi connectivity index (χ1) is 9.88. The fourth-order valence-electron chi connectivity index (χ4n) is 2.60. The second-order valence-electron chi connectivity index (χ2n) is 6.38. The lowest BCUT2D eigenvalue weighted by Crippen LogP contribution is -1.93. The molecule has 1 heteroatoms. The molecule has 0 amide bonds. The maximum Gasteiger partial charge on any atom is 0.0133 e. The van der Waals surface area contributed by atoms with E-state index >= 15 is 0 Å². The molecule has 21 heavy (non-hydrogen) atoms. The molecule has 2 rings (SSSR count). The Bertz CT molecular complexity index is 583. The molecule has 0 spiro atoms. The van der Waals surface area contributed by atoms with Crippen molar-refractivity contribution in [2.45, 2.75) is 57.6 Å². The summed E-state index contributed by atoms with van der Waals surface area (Å²) in [6.45, 7) is 13.4. The zero-order chi connectivity index (χ0) is 15.6. The van der Waals surface area contributed by atoms with Crippen molar-refractivity contribution in [1.29, 1.82) is 0 Å². The van der Waals surface area contributed by atoms with E-state index in [-0.39, 0.29) is 0 Å². The van der Waals surface area contributed by atoms with Crippen LogP contribution in [0.25, 0.3) is 11.1 Å². The molecular formula is C20H26S. The van der Waals surface area contributed by atoms with Gasteiger partial charge in [0.05, 0.1) is 0 Å². The van der Waals surface area contributed by atoms with Crippen LogP contribution >= 0.6 is 11.8 Å². The van der Waals surface area contributed by atoms with Crippen molar-refractivity contribution in [1.82, 2.24) is 0 Å². The summed E-state index contributed by atoms with van der Waals surface area (Å²) < 4.78 is 0. The minimum absolute atomic E-state index is 0.590. The Labute approximate surface area is 134 Å². The van der Waals surface area contributed by atoms with Crippen LogP contribution in [0.15, 0.2) is 41.3 Å². The van der Waals surface area contributed by atoms with Gasteiger partial charge in [-0.15, -0.1) is 11.8 Å². The highest BCUT2D eigenvalue weighted by molar-refractivity contribution is 8.00. The van der Waals surface area contributed by atoms with Gasteiger partial charge in [-0.25, -0.2) is 0 Å². The fourth-order valence-corrected chi connectivity index (χ4v) is 3.56. The third kappa shape index (κ3) is 3.91. The lowest BCUT2D eigenvalue weighted by Gasteiger charge is -2.15. The van der Waals surface area contributed by atoms with Crippen molar-refractivity contribution in [3.8, 4) is 11.1 Å². The molecule has 0 unspecified atom stereocenters. The monoisotopic (exact) mass is 298 g/mol. The van der Waals surface area contributed by atoms with E-state index in [9.17, 15) is 0 Å². The third-order valence-corrected chi connectivity index (χ3v) is 5.08. The molecule has 0 atom stereocenters. The smallest absolute Gasteiger partial charge is 0.0133 e. The summed E-state index contributed by atoms with van der Waals surface area (Å²) in [5, 5.41) is 0.624. The maximum absolute atomic E-state index is 2.32. The van der Waals surface area contributed by atoms with Crippen LogP contribution < -0.4 is 0 Å². The molecule has 0 aliphatic heterocycles. The van der Waals surface area contributed by atoms with E-state index in [4.69, 9.17) is 0 Å². The van der Waals surface area contributed by atoms with Crippen molar-refractivity contribution in [3.63, 3.8) is 0 Å². The first kappa shape index (κ1) is 16.2. The Morgan fingerprint density at radius 3 is 1.71 bits per heavy atom. The third-order valence-electron chi connectivity index (χ3n) is 3.72. The number of rotatable bonds is 4. The van der Waals surface area contributed by atoms with Gasteiger partial charge in [0.1, 0.15) is 0 Å². The number of thioether (sulfide) groups is 1. The van der Waals surface area contributed by atoms with Crippen LogP contribution in [0.3, 0.4) is 0 Å². The van der Waals surface area contributed by atoms with Gasteiger partial charge in [-0.1, -0.05) is 64.1 Å². The van der Waals surface area contributed by atoms with Gasteiger partial charge in [-0.2, -0.15) is 0 Å². The molecule has 0 N–H and O–H groups in total. The fraction of sp³-hybridized carbons (Fsp3) is 0.400. The van der Waals surface area contributed by atoms with Crippen LogP contribution in [0.1, 0.15) is 50.3 Å². The topological polar surface area (TPSA) is 0 Å². The first-order valence-corrected chi connectivity index (χ1v) is 8.64. The molecule has 2 aromatic rings. The van der Waals surface area contributed by atoms with Gasteiger partial charge in [-0.05, 0) is 47.6 Å². The molecule has 2 aromatic carbocycles. The second kappa shape index (κ2) is 6.70. The number of aryl methyl sites for hydroxylation is 2. The van der Waals surface area contributed by atoms with Crippen molar-refractivity contribution < 1.29 is 0 Å². The maximum atomic E-state index is 2.32. The molecule has 0 aliphatic carbocycles.